The SMILES string of the molecule is CCC(C)c1ccc(NC(N)=NCC(C)(O)c2ccco2)cc1.I. The van der Waals surface area contributed by atoms with E-state index >= 15 is 0 Å². The van der Waals surface area contributed by atoms with Gasteiger partial charge in [0.15, 0.2) is 5.96 Å². The van der Waals surface area contributed by atoms with Gasteiger partial charge in [0.1, 0.15) is 11.4 Å². The average Bonchev–Trinajstić information content (AvgIpc) is 3.08. The van der Waals surface area contributed by atoms with Gasteiger partial charge in [0.05, 0.1) is 12.8 Å². The summed E-state index contributed by atoms with van der Waals surface area (Å²) in [5, 5.41) is 13.4. The number of aliphatic imine (C=N–C) groups is 1. The molecule has 0 spiro atoms. The largest absolute Gasteiger partial charge is 0.466 e. The van der Waals surface area contributed by atoms with Crippen LogP contribution in [-0.4, -0.2) is 17.6 Å². The number of hydrogen-bond donors (Lipinski definition) is 3. The Kier molecular flexibility index (Phi) is 7.75. The van der Waals surface area contributed by atoms with Crippen LogP contribution in [0.3, 0.4) is 0 Å². The minimum atomic E-state index is -1.18. The van der Waals surface area contributed by atoms with E-state index < -0.39 is 5.60 Å². The third-order valence-electron chi connectivity index (χ3n) is 3.97. The molecular formula is C18H26IN3O2. The van der Waals surface area contributed by atoms with Gasteiger partial charge >= 0.3 is 0 Å². The fraction of sp³-hybridized carbons (Fsp3) is 0.389. The second-order valence-corrected chi connectivity index (χ2v) is 6.01. The van der Waals surface area contributed by atoms with Crippen molar-refractivity contribution in [3.63, 3.8) is 0 Å². The van der Waals surface area contributed by atoms with Crippen molar-refractivity contribution in [1.29, 1.82) is 0 Å². The molecule has 0 amide bonds. The maximum atomic E-state index is 10.3. The fourth-order valence-electron chi connectivity index (χ4n) is 2.22. The summed E-state index contributed by atoms with van der Waals surface area (Å²) in [6, 6.07) is 11.6. The van der Waals surface area contributed by atoms with Crippen LogP contribution in [0.25, 0.3) is 0 Å². The zero-order valence-corrected chi connectivity index (χ0v) is 16.7. The van der Waals surface area contributed by atoms with Gasteiger partial charge in [-0.1, -0.05) is 26.0 Å². The first-order valence-electron chi connectivity index (χ1n) is 7.85. The van der Waals surface area contributed by atoms with Crippen molar-refractivity contribution in [2.24, 2.45) is 10.7 Å². The van der Waals surface area contributed by atoms with Crippen molar-refractivity contribution in [2.45, 2.75) is 38.7 Å². The molecule has 1 aromatic heterocycles. The Labute approximate surface area is 160 Å². The molecule has 1 heterocycles. The number of guanidine groups is 1. The molecule has 0 saturated carbocycles. The third-order valence-corrected chi connectivity index (χ3v) is 3.97. The van der Waals surface area contributed by atoms with Crippen LogP contribution in [0.4, 0.5) is 5.69 Å². The van der Waals surface area contributed by atoms with E-state index in [9.17, 15) is 5.11 Å². The van der Waals surface area contributed by atoms with Gasteiger partial charge in [0.25, 0.3) is 0 Å². The van der Waals surface area contributed by atoms with Gasteiger partial charge in [-0.3, -0.25) is 0 Å². The van der Waals surface area contributed by atoms with Gasteiger partial charge in [-0.15, -0.1) is 24.0 Å². The van der Waals surface area contributed by atoms with E-state index in [4.69, 9.17) is 10.2 Å². The van der Waals surface area contributed by atoms with Gasteiger partial charge in [-0.2, -0.15) is 0 Å². The highest BCUT2D eigenvalue weighted by atomic mass is 127. The number of anilines is 1. The van der Waals surface area contributed by atoms with E-state index in [2.05, 4.69) is 36.3 Å². The molecule has 0 radical (unpaired) electrons. The maximum Gasteiger partial charge on any atom is 0.193 e. The maximum absolute atomic E-state index is 10.3. The van der Waals surface area contributed by atoms with Crippen molar-refractivity contribution in [1.82, 2.24) is 0 Å². The zero-order valence-electron chi connectivity index (χ0n) is 14.3. The van der Waals surface area contributed by atoms with Gasteiger partial charge in [-0.25, -0.2) is 4.99 Å². The number of hydrogen-bond acceptors (Lipinski definition) is 3. The summed E-state index contributed by atoms with van der Waals surface area (Å²) >= 11 is 0. The Morgan fingerprint density at radius 2 is 2.00 bits per heavy atom. The summed E-state index contributed by atoms with van der Waals surface area (Å²) in [7, 11) is 0. The van der Waals surface area contributed by atoms with Crippen LogP contribution in [0.5, 0.6) is 0 Å². The predicted octanol–water partition coefficient (Wildman–Crippen LogP) is 4.05. The lowest BCUT2D eigenvalue weighted by Crippen LogP contribution is -2.29. The lowest BCUT2D eigenvalue weighted by atomic mass is 9.99. The molecule has 0 aliphatic heterocycles. The number of nitrogens with two attached hydrogens (primary N) is 1. The third kappa shape index (κ3) is 5.52. The van der Waals surface area contributed by atoms with Crippen LogP contribution in [0, 0.1) is 0 Å². The van der Waals surface area contributed by atoms with E-state index in [0.29, 0.717) is 11.7 Å². The molecule has 0 saturated heterocycles. The van der Waals surface area contributed by atoms with Gasteiger partial charge in [-0.05, 0) is 49.1 Å². The Morgan fingerprint density at radius 3 is 2.54 bits per heavy atom. The van der Waals surface area contributed by atoms with Crippen molar-refractivity contribution >= 4 is 35.6 Å². The van der Waals surface area contributed by atoms with Gasteiger partial charge in [0.2, 0.25) is 0 Å². The highest BCUT2D eigenvalue weighted by molar-refractivity contribution is 14.0. The van der Waals surface area contributed by atoms with E-state index in [1.54, 1.807) is 19.1 Å². The molecular weight excluding hydrogens is 417 g/mol. The lowest BCUT2D eigenvalue weighted by molar-refractivity contribution is 0.0438. The van der Waals surface area contributed by atoms with Crippen LogP contribution < -0.4 is 11.1 Å². The second kappa shape index (κ2) is 9.08. The summed E-state index contributed by atoms with van der Waals surface area (Å²) < 4.78 is 5.21. The molecule has 0 bridgehead atoms. The number of furan rings is 1. The first-order valence-corrected chi connectivity index (χ1v) is 7.85. The summed E-state index contributed by atoms with van der Waals surface area (Å²) in [6.45, 7) is 6.13. The summed E-state index contributed by atoms with van der Waals surface area (Å²) in [5.74, 6) is 1.26. The quantitative estimate of drug-likeness (QED) is 0.358. The molecule has 2 rings (SSSR count). The van der Waals surface area contributed by atoms with Crippen LogP contribution >= 0.6 is 24.0 Å². The van der Waals surface area contributed by atoms with Crippen molar-refractivity contribution in [3.8, 4) is 0 Å². The molecule has 2 aromatic rings. The summed E-state index contributed by atoms with van der Waals surface area (Å²) in [5.41, 5.74) is 6.87. The molecule has 2 atom stereocenters. The monoisotopic (exact) mass is 443 g/mol. The highest BCUT2D eigenvalue weighted by Crippen LogP contribution is 2.22. The predicted molar refractivity (Wildman–Crippen MR) is 109 cm³/mol. The zero-order chi connectivity index (χ0) is 16.9. The van der Waals surface area contributed by atoms with Gasteiger partial charge < -0.3 is 20.6 Å². The minimum Gasteiger partial charge on any atom is -0.466 e. The molecule has 5 nitrogen and oxygen atoms in total. The first kappa shape index (κ1) is 20.5. The van der Waals surface area contributed by atoms with Gasteiger partial charge in [0, 0.05) is 5.69 Å². The Balaban J connectivity index is 0.00000288. The lowest BCUT2D eigenvalue weighted by Gasteiger charge is -2.18. The van der Waals surface area contributed by atoms with Crippen LogP contribution in [0.15, 0.2) is 52.1 Å². The van der Waals surface area contributed by atoms with Crippen LogP contribution in [0.2, 0.25) is 0 Å². The minimum absolute atomic E-state index is 0. The summed E-state index contributed by atoms with van der Waals surface area (Å²) in [4.78, 5) is 4.19. The van der Waals surface area contributed by atoms with E-state index in [1.807, 2.05) is 12.1 Å². The summed E-state index contributed by atoms with van der Waals surface area (Å²) in [6.07, 6.45) is 2.63. The van der Waals surface area contributed by atoms with Crippen LogP contribution in [-0.2, 0) is 5.60 Å². The fourth-order valence-corrected chi connectivity index (χ4v) is 2.22. The molecule has 0 aliphatic rings. The van der Waals surface area contributed by atoms with Crippen molar-refractivity contribution < 1.29 is 9.52 Å². The Morgan fingerprint density at radius 1 is 1.33 bits per heavy atom. The first-order chi connectivity index (χ1) is 10.9. The number of rotatable bonds is 6. The second-order valence-electron chi connectivity index (χ2n) is 6.01. The van der Waals surface area contributed by atoms with Crippen molar-refractivity contribution in [2.75, 3.05) is 11.9 Å². The molecule has 132 valence electrons. The van der Waals surface area contributed by atoms with Crippen LogP contribution in [0.1, 0.15) is 44.4 Å². The molecule has 24 heavy (non-hydrogen) atoms. The Hall–Kier alpha value is -1.54. The highest BCUT2D eigenvalue weighted by Gasteiger charge is 2.25. The van der Waals surface area contributed by atoms with E-state index in [-0.39, 0.29) is 36.5 Å². The molecule has 4 N–H and O–H groups in total. The topological polar surface area (TPSA) is 83.8 Å². The number of aliphatic hydroxyl groups is 1. The number of benzene rings is 1. The van der Waals surface area contributed by atoms with E-state index in [0.717, 1.165) is 12.1 Å². The number of halogens is 1. The number of nitrogens with zero attached hydrogens (tertiary/aromatic N) is 1. The van der Waals surface area contributed by atoms with Crippen molar-refractivity contribution in [3.05, 3.63) is 54.0 Å². The van der Waals surface area contributed by atoms with E-state index in [1.165, 1.54) is 11.8 Å². The number of nitrogens with one attached hydrogen (secondary N) is 1. The standard InChI is InChI=1S/C18H25N3O2.HI/c1-4-13(2)14-7-9-15(10-8-14)21-17(19)20-12-18(3,22)16-6-5-11-23-16;/h5-11,13,22H,4,12H2,1-3H3,(H3,19,20,21);1H. The molecule has 0 fully saturated rings. The smallest absolute Gasteiger partial charge is 0.193 e. The molecule has 6 heteroatoms. The molecule has 0 aliphatic carbocycles. The average molecular weight is 443 g/mol. The Bertz CT molecular complexity index is 637. The molecule has 1 aromatic carbocycles. The molecule has 2 unspecified atom stereocenters. The normalized spacial score (nSPS) is 15.2.